The second-order valence-corrected chi connectivity index (χ2v) is 4.98. The maximum absolute atomic E-state index is 5.90. The maximum Gasteiger partial charge on any atom is 0.0948 e. The van der Waals surface area contributed by atoms with Crippen LogP contribution in [0, 0.1) is 0 Å². The molecule has 0 aliphatic rings. The van der Waals surface area contributed by atoms with Gasteiger partial charge in [0.15, 0.2) is 0 Å². The first kappa shape index (κ1) is 14.9. The van der Waals surface area contributed by atoms with Crippen molar-refractivity contribution in [3.05, 3.63) is 29.8 Å². The van der Waals surface area contributed by atoms with Gasteiger partial charge < -0.3 is 10.6 Å². The Bertz CT molecular complexity index is 383. The number of likely N-dealkylation sites (N-methyl/N-ethyl adjacent to an activating group) is 1. The zero-order chi connectivity index (χ0) is 13.7. The molecule has 2 N–H and O–H groups in total. The number of benzene rings is 1. The molecule has 1 aromatic carbocycles. The molecule has 1 unspecified atom stereocenters. The van der Waals surface area contributed by atoms with Crippen molar-refractivity contribution in [1.82, 2.24) is 4.90 Å². The van der Waals surface area contributed by atoms with Gasteiger partial charge in [0.2, 0.25) is 0 Å². The average Bonchev–Trinajstić information content (AvgIpc) is 2.35. The van der Waals surface area contributed by atoms with Gasteiger partial charge in [-0.25, -0.2) is 0 Å². The molecule has 0 amide bonds. The lowest BCUT2D eigenvalue weighted by Gasteiger charge is -2.29. The van der Waals surface area contributed by atoms with Crippen LogP contribution in [-0.2, 0) is 0 Å². The highest BCUT2D eigenvalue weighted by Gasteiger charge is 2.20. The molecule has 0 saturated heterocycles. The van der Waals surface area contributed by atoms with Crippen LogP contribution in [0.25, 0.3) is 0 Å². The number of rotatable bonds is 6. The topological polar surface area (TPSA) is 32.5 Å². The van der Waals surface area contributed by atoms with Crippen LogP contribution in [0.5, 0.6) is 0 Å². The summed E-state index contributed by atoms with van der Waals surface area (Å²) in [6, 6.07) is 8.45. The van der Waals surface area contributed by atoms with E-state index in [-0.39, 0.29) is 6.04 Å². The SMILES string of the molecule is CCN(CC)C(C(N)=S)c1ccc(N(C)C)cc1. The van der Waals surface area contributed by atoms with Gasteiger partial charge in [0.25, 0.3) is 0 Å². The average molecular weight is 265 g/mol. The van der Waals surface area contributed by atoms with Crippen molar-refractivity contribution in [2.24, 2.45) is 5.73 Å². The normalized spacial score (nSPS) is 12.5. The summed E-state index contributed by atoms with van der Waals surface area (Å²) in [5, 5.41) is 0. The van der Waals surface area contributed by atoms with Gasteiger partial charge in [-0.2, -0.15) is 0 Å². The first-order valence-electron chi connectivity index (χ1n) is 6.31. The minimum atomic E-state index is 0.0335. The Kier molecular flexibility index (Phi) is 5.56. The van der Waals surface area contributed by atoms with Crippen LogP contribution in [0.4, 0.5) is 5.69 Å². The summed E-state index contributed by atoms with van der Waals surface area (Å²) in [5.74, 6) is 0. The predicted octanol–water partition coefficient (Wildman–Crippen LogP) is 2.42. The van der Waals surface area contributed by atoms with Gasteiger partial charge in [-0.3, -0.25) is 4.90 Å². The van der Waals surface area contributed by atoms with Crippen molar-refractivity contribution in [2.75, 3.05) is 32.1 Å². The standard InChI is InChI=1S/C14H23N3S/c1-5-17(6-2)13(14(15)18)11-7-9-12(10-8-11)16(3)4/h7-10,13H,5-6H2,1-4H3,(H2,15,18). The van der Waals surface area contributed by atoms with Crippen LogP contribution >= 0.6 is 12.2 Å². The summed E-state index contributed by atoms with van der Waals surface area (Å²) in [6.45, 7) is 6.13. The fraction of sp³-hybridized carbons (Fsp3) is 0.500. The fourth-order valence-corrected chi connectivity index (χ4v) is 2.38. The number of thiocarbonyl (C=S) groups is 1. The van der Waals surface area contributed by atoms with E-state index in [2.05, 4.69) is 47.9 Å². The van der Waals surface area contributed by atoms with Crippen molar-refractivity contribution in [3.63, 3.8) is 0 Å². The Hall–Kier alpha value is -1.13. The molecule has 0 aromatic heterocycles. The van der Waals surface area contributed by atoms with Crippen LogP contribution in [0.15, 0.2) is 24.3 Å². The molecule has 0 aliphatic heterocycles. The summed E-state index contributed by atoms with van der Waals surface area (Å²) < 4.78 is 0. The third-order valence-corrected chi connectivity index (χ3v) is 3.40. The largest absolute Gasteiger partial charge is 0.392 e. The summed E-state index contributed by atoms with van der Waals surface area (Å²) in [7, 11) is 4.06. The Morgan fingerprint density at radius 3 is 2.00 bits per heavy atom. The molecular weight excluding hydrogens is 242 g/mol. The zero-order valence-electron chi connectivity index (χ0n) is 11.7. The van der Waals surface area contributed by atoms with Crippen molar-refractivity contribution in [1.29, 1.82) is 0 Å². The zero-order valence-corrected chi connectivity index (χ0v) is 12.5. The molecule has 0 saturated carbocycles. The third-order valence-electron chi connectivity index (χ3n) is 3.17. The first-order valence-corrected chi connectivity index (χ1v) is 6.72. The molecule has 1 aromatic rings. The van der Waals surface area contributed by atoms with Crippen LogP contribution in [-0.4, -0.2) is 37.1 Å². The molecule has 0 fully saturated rings. The van der Waals surface area contributed by atoms with Gasteiger partial charge in [-0.05, 0) is 30.8 Å². The summed E-state index contributed by atoms with van der Waals surface area (Å²) in [6.07, 6.45) is 0. The lowest BCUT2D eigenvalue weighted by molar-refractivity contribution is 0.272. The molecule has 0 aliphatic carbocycles. The van der Waals surface area contributed by atoms with Gasteiger partial charge in [0.05, 0.1) is 11.0 Å². The van der Waals surface area contributed by atoms with E-state index in [1.54, 1.807) is 0 Å². The highest BCUT2D eigenvalue weighted by atomic mass is 32.1. The molecule has 0 bridgehead atoms. The molecule has 1 rings (SSSR count). The van der Waals surface area contributed by atoms with E-state index in [0.29, 0.717) is 4.99 Å². The Labute approximate surface area is 116 Å². The molecule has 0 heterocycles. The number of nitrogens with zero attached hydrogens (tertiary/aromatic N) is 2. The van der Waals surface area contributed by atoms with Crippen molar-refractivity contribution < 1.29 is 0 Å². The van der Waals surface area contributed by atoms with Crippen molar-refractivity contribution in [3.8, 4) is 0 Å². The van der Waals surface area contributed by atoms with E-state index >= 15 is 0 Å². The van der Waals surface area contributed by atoms with E-state index in [4.69, 9.17) is 18.0 Å². The minimum Gasteiger partial charge on any atom is -0.392 e. The molecule has 4 heteroatoms. The monoisotopic (exact) mass is 265 g/mol. The Morgan fingerprint density at radius 1 is 1.17 bits per heavy atom. The van der Waals surface area contributed by atoms with Crippen molar-refractivity contribution >= 4 is 22.9 Å². The van der Waals surface area contributed by atoms with Gasteiger partial charge in [-0.15, -0.1) is 0 Å². The highest BCUT2D eigenvalue weighted by Crippen LogP contribution is 2.23. The van der Waals surface area contributed by atoms with Crippen LogP contribution in [0.2, 0.25) is 0 Å². The van der Waals surface area contributed by atoms with Crippen LogP contribution in [0.1, 0.15) is 25.5 Å². The summed E-state index contributed by atoms with van der Waals surface area (Å²) >= 11 is 5.22. The quantitative estimate of drug-likeness (QED) is 0.801. The van der Waals surface area contributed by atoms with Crippen LogP contribution in [0.3, 0.4) is 0 Å². The molecule has 0 spiro atoms. The Balaban J connectivity index is 3.03. The number of hydrogen-bond acceptors (Lipinski definition) is 3. The third kappa shape index (κ3) is 3.43. The second kappa shape index (κ2) is 6.71. The minimum absolute atomic E-state index is 0.0335. The van der Waals surface area contributed by atoms with E-state index in [1.807, 2.05) is 14.1 Å². The van der Waals surface area contributed by atoms with E-state index < -0.39 is 0 Å². The number of hydrogen-bond donors (Lipinski definition) is 1. The molecule has 1 atom stereocenters. The molecule has 0 radical (unpaired) electrons. The first-order chi connectivity index (χ1) is 8.51. The van der Waals surface area contributed by atoms with Gasteiger partial charge in [0.1, 0.15) is 0 Å². The van der Waals surface area contributed by atoms with Gasteiger partial charge >= 0.3 is 0 Å². The second-order valence-electron chi connectivity index (χ2n) is 4.51. The smallest absolute Gasteiger partial charge is 0.0948 e. The lowest BCUT2D eigenvalue weighted by atomic mass is 10.0. The van der Waals surface area contributed by atoms with Crippen LogP contribution < -0.4 is 10.6 Å². The van der Waals surface area contributed by atoms with Gasteiger partial charge in [0, 0.05) is 19.8 Å². The number of nitrogens with two attached hydrogens (primary N) is 1. The lowest BCUT2D eigenvalue weighted by Crippen LogP contribution is -2.36. The number of anilines is 1. The highest BCUT2D eigenvalue weighted by molar-refractivity contribution is 7.80. The van der Waals surface area contributed by atoms with E-state index in [9.17, 15) is 0 Å². The fourth-order valence-electron chi connectivity index (χ4n) is 2.10. The predicted molar refractivity (Wildman–Crippen MR) is 83.2 cm³/mol. The van der Waals surface area contributed by atoms with Crippen molar-refractivity contribution in [2.45, 2.75) is 19.9 Å². The molecule has 3 nitrogen and oxygen atoms in total. The van der Waals surface area contributed by atoms with Gasteiger partial charge in [-0.1, -0.05) is 38.2 Å². The van der Waals surface area contributed by atoms with E-state index in [0.717, 1.165) is 18.7 Å². The maximum atomic E-state index is 5.90. The molecule has 18 heavy (non-hydrogen) atoms. The summed E-state index contributed by atoms with van der Waals surface area (Å²) in [4.78, 5) is 4.89. The molecule has 100 valence electrons. The summed E-state index contributed by atoms with van der Waals surface area (Å²) in [5.41, 5.74) is 8.24. The van der Waals surface area contributed by atoms with E-state index in [1.165, 1.54) is 5.69 Å². The Morgan fingerprint density at radius 2 is 1.67 bits per heavy atom. The molecular formula is C14H23N3S.